The molecule has 0 saturated carbocycles. The Labute approximate surface area is 110 Å². The quantitative estimate of drug-likeness (QED) is 0.848. The Bertz CT molecular complexity index is 524. The van der Waals surface area contributed by atoms with Gasteiger partial charge in [-0.05, 0) is 18.2 Å². The molecule has 0 aromatic heterocycles. The van der Waals surface area contributed by atoms with Crippen molar-refractivity contribution >= 4 is 26.0 Å². The van der Waals surface area contributed by atoms with Crippen LogP contribution in [0.15, 0.2) is 27.6 Å². The lowest BCUT2D eigenvalue weighted by atomic mass is 10.3. The number of benzene rings is 1. The fourth-order valence-corrected chi connectivity index (χ4v) is 2.50. The average Bonchev–Trinajstić information content (AvgIpc) is 2.25. The molecular formula is C9H9BrF3NO3S. The molecule has 0 aliphatic heterocycles. The zero-order valence-corrected chi connectivity index (χ0v) is 11.2. The highest BCUT2D eigenvalue weighted by atomic mass is 79.9. The van der Waals surface area contributed by atoms with Crippen molar-refractivity contribution in [3.05, 3.63) is 28.5 Å². The number of aliphatic hydroxyl groups is 1. The van der Waals surface area contributed by atoms with Gasteiger partial charge in [0.2, 0.25) is 10.0 Å². The maximum Gasteiger partial charge on any atom is 0.265 e. The first-order chi connectivity index (χ1) is 8.24. The summed E-state index contributed by atoms with van der Waals surface area (Å²) in [7, 11) is -4.28. The van der Waals surface area contributed by atoms with Gasteiger partial charge in [0.25, 0.3) is 6.43 Å². The number of hydrogen-bond donors (Lipinski definition) is 2. The minimum atomic E-state index is -4.28. The summed E-state index contributed by atoms with van der Waals surface area (Å²) in [5.41, 5.74) is 0. The zero-order valence-electron chi connectivity index (χ0n) is 8.78. The molecular weight excluding hydrogens is 339 g/mol. The highest BCUT2D eigenvalue weighted by Crippen LogP contribution is 2.19. The number of rotatable bonds is 5. The number of hydrogen-bond acceptors (Lipinski definition) is 3. The molecule has 1 atom stereocenters. The molecule has 0 saturated heterocycles. The normalized spacial score (nSPS) is 13.9. The third-order valence-corrected chi connectivity index (χ3v) is 3.91. The molecule has 0 fully saturated rings. The summed E-state index contributed by atoms with van der Waals surface area (Å²) in [6.07, 6.45) is -5.22. The van der Waals surface area contributed by atoms with E-state index in [4.69, 9.17) is 5.11 Å². The second-order valence-corrected chi connectivity index (χ2v) is 5.98. The van der Waals surface area contributed by atoms with E-state index in [0.717, 1.165) is 12.1 Å². The molecule has 18 heavy (non-hydrogen) atoms. The summed E-state index contributed by atoms with van der Waals surface area (Å²) >= 11 is 2.95. The largest absolute Gasteiger partial charge is 0.386 e. The number of nitrogens with one attached hydrogen (secondary N) is 1. The van der Waals surface area contributed by atoms with Crippen LogP contribution in [-0.4, -0.2) is 32.6 Å². The van der Waals surface area contributed by atoms with Gasteiger partial charge in [-0.15, -0.1) is 0 Å². The van der Waals surface area contributed by atoms with Crippen LogP contribution >= 0.6 is 15.9 Å². The van der Waals surface area contributed by atoms with E-state index < -0.39 is 39.8 Å². The minimum Gasteiger partial charge on any atom is -0.386 e. The Morgan fingerprint density at radius 2 is 2.00 bits per heavy atom. The van der Waals surface area contributed by atoms with Gasteiger partial charge < -0.3 is 5.11 Å². The van der Waals surface area contributed by atoms with Crippen molar-refractivity contribution in [2.75, 3.05) is 6.54 Å². The van der Waals surface area contributed by atoms with Crippen molar-refractivity contribution in [2.24, 2.45) is 0 Å². The second-order valence-electron chi connectivity index (χ2n) is 3.33. The van der Waals surface area contributed by atoms with Gasteiger partial charge in [-0.1, -0.05) is 15.9 Å². The molecule has 0 radical (unpaired) electrons. The van der Waals surface area contributed by atoms with Crippen LogP contribution in [0.4, 0.5) is 13.2 Å². The summed E-state index contributed by atoms with van der Waals surface area (Å²) in [6.45, 7) is -0.893. The van der Waals surface area contributed by atoms with E-state index in [-0.39, 0.29) is 0 Å². The Hall–Kier alpha value is -0.640. The monoisotopic (exact) mass is 347 g/mol. The smallest absolute Gasteiger partial charge is 0.265 e. The van der Waals surface area contributed by atoms with Crippen molar-refractivity contribution in [3.8, 4) is 0 Å². The second kappa shape index (κ2) is 6.00. The van der Waals surface area contributed by atoms with Crippen LogP contribution in [0.1, 0.15) is 0 Å². The SMILES string of the molecule is O=S(=O)(NCC(O)C(F)F)c1ccc(Br)cc1F. The summed E-state index contributed by atoms with van der Waals surface area (Å²) in [5, 5.41) is 8.77. The van der Waals surface area contributed by atoms with Crippen LogP contribution in [0, 0.1) is 5.82 Å². The number of aliphatic hydroxyl groups excluding tert-OH is 1. The molecule has 0 heterocycles. The molecule has 4 nitrogen and oxygen atoms in total. The molecule has 1 aromatic carbocycles. The number of sulfonamides is 1. The molecule has 1 unspecified atom stereocenters. The third-order valence-electron chi connectivity index (χ3n) is 1.96. The molecule has 0 aliphatic rings. The predicted molar refractivity (Wildman–Crippen MR) is 61.3 cm³/mol. The van der Waals surface area contributed by atoms with E-state index in [1.165, 1.54) is 6.07 Å². The molecule has 9 heteroatoms. The van der Waals surface area contributed by atoms with Gasteiger partial charge in [-0.2, -0.15) is 0 Å². The first kappa shape index (κ1) is 15.4. The fourth-order valence-electron chi connectivity index (χ4n) is 1.06. The number of alkyl halides is 2. The topological polar surface area (TPSA) is 66.4 Å². The lowest BCUT2D eigenvalue weighted by Crippen LogP contribution is -2.36. The minimum absolute atomic E-state index is 0.339. The number of halogens is 4. The first-order valence-corrected chi connectivity index (χ1v) is 6.92. The highest BCUT2D eigenvalue weighted by Gasteiger charge is 2.23. The van der Waals surface area contributed by atoms with Crippen molar-refractivity contribution in [2.45, 2.75) is 17.4 Å². The van der Waals surface area contributed by atoms with Crippen LogP contribution in [0.2, 0.25) is 0 Å². The fraction of sp³-hybridized carbons (Fsp3) is 0.333. The van der Waals surface area contributed by atoms with Gasteiger partial charge in [0.1, 0.15) is 16.8 Å². The van der Waals surface area contributed by atoms with Crippen molar-refractivity contribution in [3.63, 3.8) is 0 Å². The van der Waals surface area contributed by atoms with Crippen molar-refractivity contribution in [1.82, 2.24) is 4.72 Å². The Kier molecular flexibility index (Phi) is 5.14. The average molecular weight is 348 g/mol. The maximum atomic E-state index is 13.4. The lowest BCUT2D eigenvalue weighted by molar-refractivity contribution is -0.000456. The van der Waals surface area contributed by atoms with E-state index in [1.54, 1.807) is 4.72 Å². The molecule has 1 aromatic rings. The van der Waals surface area contributed by atoms with Crippen LogP contribution < -0.4 is 4.72 Å². The standard InChI is InChI=1S/C9H9BrF3NO3S/c10-5-1-2-8(6(11)3-5)18(16,17)14-4-7(15)9(12)13/h1-3,7,9,14-15H,4H2. The van der Waals surface area contributed by atoms with Gasteiger partial charge in [-0.3, -0.25) is 0 Å². The molecule has 2 N–H and O–H groups in total. The van der Waals surface area contributed by atoms with Gasteiger partial charge in [0, 0.05) is 11.0 Å². The van der Waals surface area contributed by atoms with Crippen molar-refractivity contribution < 1.29 is 26.7 Å². The van der Waals surface area contributed by atoms with Crippen LogP contribution in [0.3, 0.4) is 0 Å². The van der Waals surface area contributed by atoms with Gasteiger partial charge in [-0.25, -0.2) is 26.3 Å². The van der Waals surface area contributed by atoms with E-state index in [0.29, 0.717) is 4.47 Å². The zero-order chi connectivity index (χ0) is 13.9. The molecule has 0 aliphatic carbocycles. The van der Waals surface area contributed by atoms with Gasteiger partial charge in [0.15, 0.2) is 0 Å². The van der Waals surface area contributed by atoms with E-state index in [1.807, 2.05) is 0 Å². The van der Waals surface area contributed by atoms with Gasteiger partial charge in [0.05, 0.1) is 0 Å². The molecule has 0 amide bonds. The van der Waals surface area contributed by atoms with E-state index in [9.17, 15) is 21.6 Å². The molecule has 0 spiro atoms. The Balaban J connectivity index is 2.87. The van der Waals surface area contributed by atoms with Crippen LogP contribution in [0.5, 0.6) is 0 Å². The molecule has 102 valence electrons. The Morgan fingerprint density at radius 1 is 1.39 bits per heavy atom. The molecule has 0 bridgehead atoms. The summed E-state index contributed by atoms with van der Waals surface area (Å²) in [4.78, 5) is -0.674. The van der Waals surface area contributed by atoms with Crippen LogP contribution in [-0.2, 0) is 10.0 Å². The lowest BCUT2D eigenvalue weighted by Gasteiger charge is -2.11. The third kappa shape index (κ3) is 3.94. The van der Waals surface area contributed by atoms with Gasteiger partial charge >= 0.3 is 0 Å². The van der Waals surface area contributed by atoms with E-state index >= 15 is 0 Å². The highest BCUT2D eigenvalue weighted by molar-refractivity contribution is 9.10. The van der Waals surface area contributed by atoms with Crippen molar-refractivity contribution in [1.29, 1.82) is 0 Å². The summed E-state index contributed by atoms with van der Waals surface area (Å²) < 4.78 is 62.5. The molecule has 1 rings (SSSR count). The summed E-state index contributed by atoms with van der Waals surface area (Å²) in [5.74, 6) is -1.02. The Morgan fingerprint density at radius 3 is 2.50 bits per heavy atom. The van der Waals surface area contributed by atoms with E-state index in [2.05, 4.69) is 15.9 Å². The first-order valence-electron chi connectivity index (χ1n) is 4.65. The summed E-state index contributed by atoms with van der Waals surface area (Å²) in [6, 6.07) is 3.20. The predicted octanol–water partition coefficient (Wildman–Crippen LogP) is 1.49. The maximum absolute atomic E-state index is 13.4. The van der Waals surface area contributed by atoms with Crippen LogP contribution in [0.25, 0.3) is 0 Å².